The van der Waals surface area contributed by atoms with Crippen LogP contribution in [-0.2, 0) is 4.74 Å². The number of nitrogens with two attached hydrogens (primary N) is 3. The molecule has 0 radical (unpaired) electrons. The average Bonchev–Trinajstić information content (AvgIpc) is 2.88. The van der Waals surface area contributed by atoms with E-state index in [1.165, 1.54) is 0 Å². The van der Waals surface area contributed by atoms with Crippen LogP contribution in [0.15, 0.2) is 4.99 Å². The Bertz CT molecular complexity index is 550. The van der Waals surface area contributed by atoms with E-state index in [4.69, 9.17) is 21.9 Å². The monoisotopic (exact) mass is 300 g/mol. The number of primary amides is 1. The predicted molar refractivity (Wildman–Crippen MR) is 70.1 cm³/mol. The van der Waals surface area contributed by atoms with Gasteiger partial charge in [0.1, 0.15) is 30.9 Å². The molecule has 0 bridgehead atoms. The summed E-state index contributed by atoms with van der Waals surface area (Å²) in [4.78, 5) is 15.0. The fraction of sp³-hybridized carbons (Fsp3) is 0.700. The van der Waals surface area contributed by atoms with Gasteiger partial charge in [-0.2, -0.15) is 0 Å². The van der Waals surface area contributed by atoms with Crippen molar-refractivity contribution in [3.05, 3.63) is 0 Å². The van der Waals surface area contributed by atoms with Crippen LogP contribution in [0, 0.1) is 0 Å². The first-order chi connectivity index (χ1) is 9.86. The topological polar surface area (TPSA) is 184 Å². The summed E-state index contributed by atoms with van der Waals surface area (Å²) < 4.78 is 6.37. The minimum absolute atomic E-state index is 0.0996. The molecule has 1 fully saturated rings. The van der Waals surface area contributed by atoms with Gasteiger partial charge in [-0.15, -0.1) is 0 Å². The molecule has 10 N–H and O–H groups in total. The number of nitrogens with zero attached hydrogens (tertiary/aromatic N) is 2. The second kappa shape index (κ2) is 4.36. The summed E-state index contributed by atoms with van der Waals surface area (Å²) in [6.07, 6.45) is -3.11. The molecule has 11 heteroatoms. The highest BCUT2D eigenvalue weighted by molar-refractivity contribution is 5.83. The number of ether oxygens (including phenoxy) is 1. The SMILES string of the molecule is NC(=O)OC[C@@H]1NC(N)=[N+]2C[C@H](O)[C@H](O)[C@@]23NC(N)=N[C@@H]13. The fourth-order valence-corrected chi connectivity index (χ4v) is 3.27. The molecule has 0 aromatic heterocycles. The van der Waals surface area contributed by atoms with E-state index >= 15 is 0 Å². The maximum Gasteiger partial charge on any atom is 0.404 e. The highest BCUT2D eigenvalue weighted by Gasteiger charge is 2.67. The van der Waals surface area contributed by atoms with Crippen molar-refractivity contribution in [1.29, 1.82) is 0 Å². The zero-order valence-corrected chi connectivity index (χ0v) is 11.1. The number of aliphatic hydroxyl groups excluding tert-OH is 2. The zero-order chi connectivity index (χ0) is 15.4. The molecule has 3 aliphatic rings. The Kier molecular flexibility index (Phi) is 2.85. The number of nitrogens with one attached hydrogen (secondary N) is 2. The Labute approximate surface area is 119 Å². The van der Waals surface area contributed by atoms with E-state index in [9.17, 15) is 15.0 Å². The highest BCUT2D eigenvalue weighted by Crippen LogP contribution is 2.35. The van der Waals surface area contributed by atoms with Crippen molar-refractivity contribution in [3.63, 3.8) is 0 Å². The third kappa shape index (κ3) is 1.77. The normalized spacial score (nSPS) is 40.8. The molecule has 1 saturated heterocycles. The van der Waals surface area contributed by atoms with E-state index in [-0.39, 0.29) is 25.1 Å². The summed E-state index contributed by atoms with van der Waals surface area (Å²) in [5.41, 5.74) is 15.5. The molecular weight excluding hydrogens is 282 g/mol. The molecule has 11 nitrogen and oxygen atoms in total. The number of guanidine groups is 2. The van der Waals surface area contributed by atoms with E-state index in [1.54, 1.807) is 4.58 Å². The Morgan fingerprint density at radius 1 is 1.52 bits per heavy atom. The van der Waals surface area contributed by atoms with Crippen molar-refractivity contribution in [2.24, 2.45) is 22.2 Å². The van der Waals surface area contributed by atoms with Gasteiger partial charge in [0.2, 0.25) is 5.66 Å². The second-order valence-corrected chi connectivity index (χ2v) is 5.30. The molecule has 3 aliphatic heterocycles. The molecule has 21 heavy (non-hydrogen) atoms. The third-order valence-corrected chi connectivity index (χ3v) is 4.10. The number of rotatable bonds is 2. The molecule has 3 heterocycles. The van der Waals surface area contributed by atoms with Gasteiger partial charge >= 0.3 is 12.1 Å². The van der Waals surface area contributed by atoms with Gasteiger partial charge in [0.05, 0.1) is 6.54 Å². The van der Waals surface area contributed by atoms with Crippen LogP contribution >= 0.6 is 0 Å². The summed E-state index contributed by atoms with van der Waals surface area (Å²) in [7, 11) is 0. The first-order valence-corrected chi connectivity index (χ1v) is 6.42. The minimum Gasteiger partial charge on any atom is -0.446 e. The average molecular weight is 300 g/mol. The molecule has 116 valence electrons. The summed E-state index contributed by atoms with van der Waals surface area (Å²) in [6, 6.07) is -1.15. The molecule has 0 unspecified atom stereocenters. The first-order valence-electron chi connectivity index (χ1n) is 6.42. The van der Waals surface area contributed by atoms with E-state index in [1.807, 2.05) is 0 Å². The van der Waals surface area contributed by atoms with E-state index in [0.29, 0.717) is 0 Å². The lowest BCUT2D eigenvalue weighted by Gasteiger charge is -2.39. The second-order valence-electron chi connectivity index (χ2n) is 5.30. The van der Waals surface area contributed by atoms with E-state index in [2.05, 4.69) is 15.6 Å². The Balaban J connectivity index is 1.99. The van der Waals surface area contributed by atoms with E-state index in [0.717, 1.165) is 0 Å². The van der Waals surface area contributed by atoms with Crippen LogP contribution in [0.5, 0.6) is 0 Å². The minimum atomic E-state index is -1.16. The lowest BCUT2D eigenvalue weighted by atomic mass is 9.89. The Morgan fingerprint density at radius 2 is 2.24 bits per heavy atom. The number of amides is 1. The van der Waals surface area contributed by atoms with Crippen LogP contribution in [-0.4, -0.2) is 75.9 Å². The largest absolute Gasteiger partial charge is 0.446 e. The van der Waals surface area contributed by atoms with Crippen molar-refractivity contribution < 1.29 is 24.3 Å². The third-order valence-electron chi connectivity index (χ3n) is 4.10. The molecule has 1 spiro atoms. The van der Waals surface area contributed by atoms with Gasteiger partial charge in [-0.05, 0) is 0 Å². The van der Waals surface area contributed by atoms with Crippen LogP contribution in [0.25, 0.3) is 0 Å². The maximum absolute atomic E-state index is 10.8. The Hall–Kier alpha value is -2.27. The molecule has 0 aromatic carbocycles. The maximum atomic E-state index is 10.8. The summed E-state index contributed by atoms with van der Waals surface area (Å²) in [5, 5.41) is 26.2. The molecular formula is C10H18N7O4+. The molecule has 5 atom stereocenters. The summed E-state index contributed by atoms with van der Waals surface area (Å²) in [5.74, 6) is 0.330. The first kappa shape index (κ1) is 13.7. The quantitative estimate of drug-likeness (QED) is 0.247. The zero-order valence-electron chi connectivity index (χ0n) is 11.1. The Morgan fingerprint density at radius 3 is 2.90 bits per heavy atom. The smallest absolute Gasteiger partial charge is 0.404 e. The molecule has 0 aliphatic carbocycles. The van der Waals surface area contributed by atoms with Crippen molar-refractivity contribution in [2.45, 2.75) is 30.0 Å². The van der Waals surface area contributed by atoms with Crippen molar-refractivity contribution in [3.8, 4) is 0 Å². The van der Waals surface area contributed by atoms with Crippen molar-refractivity contribution >= 4 is 18.0 Å². The molecule has 0 saturated carbocycles. The van der Waals surface area contributed by atoms with Crippen LogP contribution in [0.2, 0.25) is 0 Å². The van der Waals surface area contributed by atoms with E-state index < -0.39 is 36.0 Å². The van der Waals surface area contributed by atoms with Crippen LogP contribution in [0.1, 0.15) is 0 Å². The number of carbonyl (C=O) groups is 1. The van der Waals surface area contributed by atoms with Crippen LogP contribution in [0.3, 0.4) is 0 Å². The van der Waals surface area contributed by atoms with Crippen molar-refractivity contribution in [1.82, 2.24) is 10.6 Å². The summed E-state index contributed by atoms with van der Waals surface area (Å²) >= 11 is 0. The lowest BCUT2D eigenvalue weighted by Crippen LogP contribution is -2.74. The number of carbonyl (C=O) groups excluding carboxylic acids is 1. The standard InChI is InChI=1S/C10H17N7O4/c11-7-15-5-3(2-21-9(13)20)14-8(12)17-1-4(18)6(19)10(5,17)16-7/h3-6,18-19H,1-2H2,(H7,11,12,13,14,15,16,20)/p+1/t3-,4-,5-,6-,10-/m0/s1. The molecule has 3 rings (SSSR count). The highest BCUT2D eigenvalue weighted by atomic mass is 16.5. The number of hydrogen-bond acceptors (Lipinski definition) is 9. The summed E-state index contributed by atoms with van der Waals surface area (Å²) in [6.45, 7) is 0.0211. The molecule has 0 aromatic rings. The van der Waals surface area contributed by atoms with Crippen molar-refractivity contribution in [2.75, 3.05) is 13.2 Å². The number of hydrogen-bond donors (Lipinski definition) is 7. The van der Waals surface area contributed by atoms with Gasteiger partial charge in [-0.1, -0.05) is 0 Å². The lowest BCUT2D eigenvalue weighted by molar-refractivity contribution is -0.608. The van der Waals surface area contributed by atoms with Crippen LogP contribution < -0.4 is 27.8 Å². The number of aliphatic imine (C=N–C) groups is 1. The fourth-order valence-electron chi connectivity index (χ4n) is 3.27. The van der Waals surface area contributed by atoms with Gasteiger partial charge in [0.15, 0.2) is 5.96 Å². The van der Waals surface area contributed by atoms with Gasteiger partial charge in [0.25, 0.3) is 0 Å². The van der Waals surface area contributed by atoms with Gasteiger partial charge in [-0.3, -0.25) is 11.1 Å². The molecule has 1 amide bonds. The van der Waals surface area contributed by atoms with Gasteiger partial charge in [-0.25, -0.2) is 14.4 Å². The van der Waals surface area contributed by atoms with Gasteiger partial charge < -0.3 is 31.7 Å². The number of aliphatic hydroxyl groups is 2. The van der Waals surface area contributed by atoms with Crippen LogP contribution in [0.4, 0.5) is 4.79 Å². The predicted octanol–water partition coefficient (Wildman–Crippen LogP) is -4.90. The van der Waals surface area contributed by atoms with Gasteiger partial charge in [0, 0.05) is 0 Å².